The Hall–Kier alpha value is -0.990. The summed E-state index contributed by atoms with van der Waals surface area (Å²) in [6, 6.07) is 2.39. The molecule has 0 atom stereocenters. The Bertz CT molecular complexity index is 531. The summed E-state index contributed by atoms with van der Waals surface area (Å²) >= 11 is 0. The molecule has 0 saturated heterocycles. The minimum atomic E-state index is -1.35. The lowest BCUT2D eigenvalue weighted by Crippen LogP contribution is -2.32. The summed E-state index contributed by atoms with van der Waals surface area (Å²) in [5.74, 6) is -0.663. The first-order valence-electron chi connectivity index (χ1n) is 10.2. The van der Waals surface area contributed by atoms with Gasteiger partial charge in [0, 0.05) is 0 Å². The first kappa shape index (κ1) is 18.8. The maximum atomic E-state index is 13.4. The average molecular weight is 352 g/mol. The third-order valence-corrected chi connectivity index (χ3v) is 6.65. The molecule has 1 aromatic carbocycles. The first-order chi connectivity index (χ1) is 12.1. The molecule has 2 aliphatic carbocycles. The lowest BCUT2D eigenvalue weighted by molar-refractivity contribution is 0.0864. The normalized spacial score (nSPS) is 29.4. The summed E-state index contributed by atoms with van der Waals surface area (Å²) in [4.78, 5) is 0. The van der Waals surface area contributed by atoms with Gasteiger partial charge in [-0.2, -0.15) is 0 Å². The van der Waals surface area contributed by atoms with Gasteiger partial charge in [-0.3, -0.25) is 0 Å². The fraction of sp³-hybridized carbons (Fsp3) is 0.727. The van der Waals surface area contributed by atoms with E-state index >= 15 is 0 Å². The van der Waals surface area contributed by atoms with Gasteiger partial charge >= 0.3 is 0 Å². The zero-order valence-corrected chi connectivity index (χ0v) is 15.4. The Morgan fingerprint density at radius 2 is 1.48 bits per heavy atom. The van der Waals surface area contributed by atoms with Gasteiger partial charge in [0.1, 0.15) is 0 Å². The topological polar surface area (TPSA) is 0 Å². The number of halogens is 3. The number of hydrogen-bond acceptors (Lipinski definition) is 0. The van der Waals surface area contributed by atoms with E-state index in [0.717, 1.165) is 43.4 Å². The Kier molecular flexibility index (Phi) is 6.46. The van der Waals surface area contributed by atoms with Crippen molar-refractivity contribution in [2.24, 2.45) is 17.8 Å². The third-order valence-electron chi connectivity index (χ3n) is 6.65. The molecule has 0 heterocycles. The highest BCUT2D eigenvalue weighted by molar-refractivity contribution is 5.23. The third kappa shape index (κ3) is 4.60. The predicted molar refractivity (Wildman–Crippen MR) is 96.0 cm³/mol. The highest BCUT2D eigenvalue weighted by atomic mass is 19.2. The van der Waals surface area contributed by atoms with Gasteiger partial charge in [0.05, 0.1) is 0 Å². The van der Waals surface area contributed by atoms with Crippen LogP contribution < -0.4 is 0 Å². The molecule has 140 valence electrons. The van der Waals surface area contributed by atoms with Crippen LogP contribution in [-0.2, 0) is 0 Å². The van der Waals surface area contributed by atoms with E-state index in [2.05, 4.69) is 6.92 Å². The van der Waals surface area contributed by atoms with E-state index in [1.807, 2.05) is 0 Å². The molecule has 0 radical (unpaired) electrons. The second kappa shape index (κ2) is 8.60. The number of benzene rings is 1. The van der Waals surface area contributed by atoms with Crippen LogP contribution in [0.15, 0.2) is 12.1 Å². The van der Waals surface area contributed by atoms with E-state index in [1.165, 1.54) is 57.1 Å². The van der Waals surface area contributed by atoms with Crippen molar-refractivity contribution in [3.63, 3.8) is 0 Å². The van der Waals surface area contributed by atoms with Gasteiger partial charge in [0.25, 0.3) is 0 Å². The van der Waals surface area contributed by atoms with Crippen molar-refractivity contribution in [2.75, 3.05) is 0 Å². The standard InChI is InChI=1S/C22H31F3/c1-2-3-4-5-6-15-11-18(12-15)16-7-9-17(10-8-16)19-13-20(23)22(25)21(24)14-19/h13-18H,2-12H2,1H3. The lowest BCUT2D eigenvalue weighted by atomic mass is 9.62. The van der Waals surface area contributed by atoms with E-state index in [0.29, 0.717) is 5.56 Å². The van der Waals surface area contributed by atoms with E-state index in [9.17, 15) is 13.2 Å². The van der Waals surface area contributed by atoms with Crippen LogP contribution in [-0.4, -0.2) is 0 Å². The summed E-state index contributed by atoms with van der Waals surface area (Å²) in [6.45, 7) is 2.25. The SMILES string of the molecule is CCCCCCC1CC(C2CCC(c3cc(F)c(F)c(F)c3)CC2)C1. The molecule has 0 aliphatic heterocycles. The van der Waals surface area contributed by atoms with Crippen molar-refractivity contribution < 1.29 is 13.2 Å². The molecule has 3 rings (SSSR count). The van der Waals surface area contributed by atoms with E-state index in [-0.39, 0.29) is 5.92 Å². The molecule has 0 amide bonds. The maximum Gasteiger partial charge on any atom is 0.194 e. The van der Waals surface area contributed by atoms with Crippen LogP contribution in [0.3, 0.4) is 0 Å². The molecule has 0 unspecified atom stereocenters. The zero-order chi connectivity index (χ0) is 17.8. The van der Waals surface area contributed by atoms with Gasteiger partial charge in [-0.1, -0.05) is 39.0 Å². The second-order valence-electron chi connectivity index (χ2n) is 8.36. The molecule has 0 N–H and O–H groups in total. The monoisotopic (exact) mass is 352 g/mol. The molecule has 0 spiro atoms. The molecule has 2 aliphatic rings. The van der Waals surface area contributed by atoms with Crippen LogP contribution in [0, 0.1) is 35.2 Å². The Balaban J connectivity index is 1.41. The van der Waals surface area contributed by atoms with E-state index in [1.54, 1.807) is 0 Å². The molecule has 3 heteroatoms. The van der Waals surface area contributed by atoms with Gasteiger partial charge in [0.15, 0.2) is 17.5 Å². The highest BCUT2D eigenvalue weighted by Crippen LogP contribution is 2.48. The van der Waals surface area contributed by atoms with Crippen molar-refractivity contribution >= 4 is 0 Å². The molecule has 0 bridgehead atoms. The summed E-state index contributed by atoms with van der Waals surface area (Å²) in [6.07, 6.45) is 13.9. The summed E-state index contributed by atoms with van der Waals surface area (Å²) in [7, 11) is 0. The van der Waals surface area contributed by atoms with Crippen LogP contribution in [0.4, 0.5) is 13.2 Å². The molecule has 1 aromatic rings. The fourth-order valence-corrected chi connectivity index (χ4v) is 5.00. The number of unbranched alkanes of at least 4 members (excludes halogenated alkanes) is 3. The summed E-state index contributed by atoms with van der Waals surface area (Å²) < 4.78 is 40.0. The number of hydrogen-bond donors (Lipinski definition) is 0. The second-order valence-corrected chi connectivity index (χ2v) is 8.36. The summed E-state index contributed by atoms with van der Waals surface area (Å²) in [5, 5.41) is 0. The summed E-state index contributed by atoms with van der Waals surface area (Å²) in [5.41, 5.74) is 0.636. The molecule has 0 nitrogen and oxygen atoms in total. The van der Waals surface area contributed by atoms with Crippen molar-refractivity contribution in [1.82, 2.24) is 0 Å². The molecular formula is C22H31F3. The lowest BCUT2D eigenvalue weighted by Gasteiger charge is -2.43. The average Bonchev–Trinajstić information content (AvgIpc) is 2.58. The largest absolute Gasteiger partial charge is 0.204 e. The minimum Gasteiger partial charge on any atom is -0.204 e. The molecule has 0 aromatic heterocycles. The number of rotatable bonds is 7. The van der Waals surface area contributed by atoms with Crippen LogP contribution >= 0.6 is 0 Å². The van der Waals surface area contributed by atoms with E-state index in [4.69, 9.17) is 0 Å². The molecule has 2 saturated carbocycles. The Morgan fingerprint density at radius 3 is 2.08 bits per heavy atom. The first-order valence-corrected chi connectivity index (χ1v) is 10.2. The van der Waals surface area contributed by atoms with Gasteiger partial charge in [0.2, 0.25) is 0 Å². The van der Waals surface area contributed by atoms with Crippen LogP contribution in [0.2, 0.25) is 0 Å². The quantitative estimate of drug-likeness (QED) is 0.355. The Morgan fingerprint density at radius 1 is 0.840 bits per heavy atom. The van der Waals surface area contributed by atoms with Gasteiger partial charge in [-0.25, -0.2) is 13.2 Å². The molecule has 2 fully saturated rings. The van der Waals surface area contributed by atoms with Crippen molar-refractivity contribution in [3.8, 4) is 0 Å². The van der Waals surface area contributed by atoms with Gasteiger partial charge in [-0.05, 0) is 79.9 Å². The van der Waals surface area contributed by atoms with Crippen LogP contribution in [0.1, 0.15) is 89.0 Å². The molecule has 25 heavy (non-hydrogen) atoms. The Labute approximate surface area is 150 Å². The van der Waals surface area contributed by atoms with Gasteiger partial charge in [-0.15, -0.1) is 0 Å². The predicted octanol–water partition coefficient (Wildman–Crippen LogP) is 7.37. The van der Waals surface area contributed by atoms with E-state index < -0.39 is 17.5 Å². The zero-order valence-electron chi connectivity index (χ0n) is 15.4. The van der Waals surface area contributed by atoms with Crippen LogP contribution in [0.25, 0.3) is 0 Å². The highest BCUT2D eigenvalue weighted by Gasteiger charge is 2.36. The minimum absolute atomic E-state index is 0.186. The van der Waals surface area contributed by atoms with Crippen molar-refractivity contribution in [3.05, 3.63) is 35.1 Å². The van der Waals surface area contributed by atoms with Crippen molar-refractivity contribution in [1.29, 1.82) is 0 Å². The molecular weight excluding hydrogens is 321 g/mol. The van der Waals surface area contributed by atoms with Crippen LogP contribution in [0.5, 0.6) is 0 Å². The van der Waals surface area contributed by atoms with Gasteiger partial charge < -0.3 is 0 Å². The fourth-order valence-electron chi connectivity index (χ4n) is 5.00. The smallest absolute Gasteiger partial charge is 0.194 e. The maximum absolute atomic E-state index is 13.4. The van der Waals surface area contributed by atoms with Crippen molar-refractivity contribution in [2.45, 2.75) is 83.5 Å².